The standard InChI is InChI=1S/C15H19NO5S/c1-2-22(20)13-6-4-3-5-12(13)15(19)16-7-8-21-11(10-16)9-14(17)18/h3-6,11H,2,7-10H2,1H3,(H,17,18). The molecule has 1 aliphatic rings. The van der Waals surface area contributed by atoms with Crippen molar-refractivity contribution < 1.29 is 23.6 Å². The molecule has 1 saturated heterocycles. The van der Waals surface area contributed by atoms with Crippen molar-refractivity contribution in [1.29, 1.82) is 0 Å². The van der Waals surface area contributed by atoms with Gasteiger partial charge in [-0.2, -0.15) is 0 Å². The van der Waals surface area contributed by atoms with Crippen molar-refractivity contribution in [2.75, 3.05) is 25.4 Å². The number of carbonyl (C=O) groups excluding carboxylic acids is 1. The summed E-state index contributed by atoms with van der Waals surface area (Å²) in [7, 11) is -1.22. The second kappa shape index (κ2) is 7.51. The van der Waals surface area contributed by atoms with E-state index in [4.69, 9.17) is 9.84 Å². The minimum absolute atomic E-state index is 0.133. The molecule has 6 nitrogen and oxygen atoms in total. The number of hydrogen-bond acceptors (Lipinski definition) is 4. The first-order valence-corrected chi connectivity index (χ1v) is 8.45. The minimum Gasteiger partial charge on any atom is -0.481 e. The molecule has 0 spiro atoms. The van der Waals surface area contributed by atoms with Gasteiger partial charge >= 0.3 is 5.97 Å². The lowest BCUT2D eigenvalue weighted by atomic mass is 10.1. The second-order valence-corrected chi connectivity index (χ2v) is 6.68. The fraction of sp³-hybridized carbons (Fsp3) is 0.467. The van der Waals surface area contributed by atoms with Gasteiger partial charge < -0.3 is 14.7 Å². The Morgan fingerprint density at radius 2 is 2.14 bits per heavy atom. The molecule has 22 heavy (non-hydrogen) atoms. The number of benzene rings is 1. The molecule has 1 heterocycles. The van der Waals surface area contributed by atoms with Crippen LogP contribution in [-0.4, -0.2) is 57.6 Å². The van der Waals surface area contributed by atoms with Crippen LogP contribution in [0.1, 0.15) is 23.7 Å². The van der Waals surface area contributed by atoms with Gasteiger partial charge in [-0.05, 0) is 12.1 Å². The number of carboxylic acid groups (broad SMARTS) is 1. The van der Waals surface area contributed by atoms with E-state index in [2.05, 4.69) is 0 Å². The van der Waals surface area contributed by atoms with Crippen LogP contribution < -0.4 is 0 Å². The summed E-state index contributed by atoms with van der Waals surface area (Å²) in [5.74, 6) is -0.738. The number of rotatable bonds is 5. The predicted molar refractivity (Wildman–Crippen MR) is 81.3 cm³/mol. The monoisotopic (exact) mass is 325 g/mol. The molecule has 0 radical (unpaired) electrons. The number of nitrogens with zero attached hydrogens (tertiary/aromatic N) is 1. The summed E-state index contributed by atoms with van der Waals surface area (Å²) in [6.07, 6.45) is -0.634. The van der Waals surface area contributed by atoms with Crippen molar-refractivity contribution in [2.24, 2.45) is 0 Å². The first-order chi connectivity index (χ1) is 10.5. The van der Waals surface area contributed by atoms with Crippen LogP contribution in [0.2, 0.25) is 0 Å². The number of morpholine rings is 1. The summed E-state index contributed by atoms with van der Waals surface area (Å²) in [5, 5.41) is 8.83. The van der Waals surface area contributed by atoms with Gasteiger partial charge in [0.15, 0.2) is 0 Å². The van der Waals surface area contributed by atoms with E-state index in [1.54, 1.807) is 36.1 Å². The number of aliphatic carboxylic acids is 1. The maximum Gasteiger partial charge on any atom is 0.306 e. The van der Waals surface area contributed by atoms with Gasteiger partial charge in [0.2, 0.25) is 0 Å². The quantitative estimate of drug-likeness (QED) is 0.877. The Morgan fingerprint density at radius 3 is 2.82 bits per heavy atom. The van der Waals surface area contributed by atoms with E-state index in [0.29, 0.717) is 29.4 Å². The summed E-state index contributed by atoms with van der Waals surface area (Å²) in [5.41, 5.74) is 0.415. The molecular formula is C15H19NO5S. The van der Waals surface area contributed by atoms with Crippen molar-refractivity contribution >= 4 is 22.7 Å². The molecule has 1 aromatic rings. The van der Waals surface area contributed by atoms with E-state index in [1.807, 2.05) is 0 Å². The van der Waals surface area contributed by atoms with Gasteiger partial charge in [-0.25, -0.2) is 0 Å². The maximum atomic E-state index is 12.7. The lowest BCUT2D eigenvalue weighted by Gasteiger charge is -2.32. The van der Waals surface area contributed by atoms with Gasteiger partial charge in [0, 0.05) is 18.8 Å². The van der Waals surface area contributed by atoms with Crippen LogP contribution in [-0.2, 0) is 20.3 Å². The average molecular weight is 325 g/mol. The maximum absolute atomic E-state index is 12.7. The van der Waals surface area contributed by atoms with Crippen LogP contribution >= 0.6 is 0 Å². The van der Waals surface area contributed by atoms with E-state index < -0.39 is 22.9 Å². The summed E-state index contributed by atoms with van der Waals surface area (Å²) in [6.45, 7) is 2.75. The van der Waals surface area contributed by atoms with Crippen LogP contribution in [0.25, 0.3) is 0 Å². The van der Waals surface area contributed by atoms with Gasteiger partial charge in [0.1, 0.15) is 0 Å². The number of ether oxygens (including phenoxy) is 1. The largest absolute Gasteiger partial charge is 0.481 e. The molecule has 0 aromatic heterocycles. The minimum atomic E-state index is -1.22. The zero-order valence-electron chi connectivity index (χ0n) is 12.4. The number of hydrogen-bond donors (Lipinski definition) is 1. The molecule has 1 aromatic carbocycles. The number of carbonyl (C=O) groups is 2. The highest BCUT2D eigenvalue weighted by Gasteiger charge is 2.28. The average Bonchev–Trinajstić information content (AvgIpc) is 2.53. The molecule has 1 N–H and O–H groups in total. The van der Waals surface area contributed by atoms with Crippen LogP contribution in [0.15, 0.2) is 29.2 Å². The van der Waals surface area contributed by atoms with Crippen LogP contribution in [0.3, 0.4) is 0 Å². The highest BCUT2D eigenvalue weighted by Crippen LogP contribution is 2.18. The van der Waals surface area contributed by atoms with Crippen LogP contribution in [0, 0.1) is 0 Å². The molecule has 2 unspecified atom stereocenters. The fourth-order valence-corrected chi connectivity index (χ4v) is 3.33. The predicted octanol–water partition coefficient (Wildman–Crippen LogP) is 1.13. The van der Waals surface area contributed by atoms with E-state index >= 15 is 0 Å². The molecule has 0 saturated carbocycles. The molecule has 0 aliphatic carbocycles. The molecule has 1 amide bonds. The lowest BCUT2D eigenvalue weighted by molar-refractivity contribution is -0.141. The highest BCUT2D eigenvalue weighted by molar-refractivity contribution is 7.85. The Labute approximate surface area is 131 Å². The molecule has 7 heteroatoms. The Morgan fingerprint density at radius 1 is 1.41 bits per heavy atom. The Balaban J connectivity index is 2.17. The normalized spacial score (nSPS) is 19.7. The zero-order valence-corrected chi connectivity index (χ0v) is 13.2. The fourth-order valence-electron chi connectivity index (χ4n) is 2.39. The smallest absolute Gasteiger partial charge is 0.306 e. The van der Waals surface area contributed by atoms with Gasteiger partial charge in [0.25, 0.3) is 5.91 Å². The van der Waals surface area contributed by atoms with Gasteiger partial charge in [-0.3, -0.25) is 13.8 Å². The molecule has 120 valence electrons. The van der Waals surface area contributed by atoms with Crippen molar-refractivity contribution in [3.63, 3.8) is 0 Å². The molecule has 0 bridgehead atoms. The topological polar surface area (TPSA) is 83.9 Å². The molecule has 2 atom stereocenters. The zero-order chi connectivity index (χ0) is 16.1. The Hall–Kier alpha value is -1.73. The van der Waals surface area contributed by atoms with E-state index in [0.717, 1.165) is 0 Å². The van der Waals surface area contributed by atoms with Crippen molar-refractivity contribution in [1.82, 2.24) is 4.90 Å². The number of amides is 1. The molecule has 1 fully saturated rings. The van der Waals surface area contributed by atoms with E-state index in [9.17, 15) is 13.8 Å². The third-order valence-corrected chi connectivity index (χ3v) is 4.82. The van der Waals surface area contributed by atoms with Crippen molar-refractivity contribution in [3.8, 4) is 0 Å². The van der Waals surface area contributed by atoms with Crippen LogP contribution in [0.5, 0.6) is 0 Å². The molecule has 2 rings (SSSR count). The second-order valence-electron chi connectivity index (χ2n) is 4.97. The van der Waals surface area contributed by atoms with E-state index in [-0.39, 0.29) is 18.9 Å². The van der Waals surface area contributed by atoms with Gasteiger partial charge in [-0.15, -0.1) is 0 Å². The third kappa shape index (κ3) is 3.92. The number of carboxylic acids is 1. The van der Waals surface area contributed by atoms with Crippen LogP contribution in [0.4, 0.5) is 0 Å². The lowest BCUT2D eigenvalue weighted by Crippen LogP contribution is -2.46. The van der Waals surface area contributed by atoms with Gasteiger partial charge in [0.05, 0.1) is 40.4 Å². The summed E-state index contributed by atoms with van der Waals surface area (Å²) in [6, 6.07) is 6.85. The molecule has 1 aliphatic heterocycles. The molecular weight excluding hydrogens is 306 g/mol. The Bertz CT molecular complexity index is 589. The summed E-state index contributed by atoms with van der Waals surface area (Å²) >= 11 is 0. The van der Waals surface area contributed by atoms with Gasteiger partial charge in [-0.1, -0.05) is 19.1 Å². The first kappa shape index (κ1) is 16.6. The third-order valence-electron chi connectivity index (χ3n) is 3.45. The first-order valence-electron chi connectivity index (χ1n) is 7.13. The Kier molecular flexibility index (Phi) is 5.68. The highest BCUT2D eigenvalue weighted by atomic mass is 32.2. The summed E-state index contributed by atoms with van der Waals surface area (Å²) < 4.78 is 17.4. The van der Waals surface area contributed by atoms with Crippen molar-refractivity contribution in [2.45, 2.75) is 24.3 Å². The van der Waals surface area contributed by atoms with Crippen molar-refractivity contribution in [3.05, 3.63) is 29.8 Å². The van der Waals surface area contributed by atoms with E-state index in [1.165, 1.54) is 0 Å². The SMILES string of the molecule is CCS(=O)c1ccccc1C(=O)N1CCOC(CC(=O)O)C1. The summed E-state index contributed by atoms with van der Waals surface area (Å²) in [4.78, 5) is 25.5.